The smallest absolute Gasteiger partial charge is 0.270 e. The maximum absolute atomic E-state index is 14.1. The molecule has 0 unspecified atom stereocenters. The van der Waals surface area contributed by atoms with Crippen molar-refractivity contribution in [3.05, 3.63) is 54.1 Å². The largest absolute Gasteiger partial charge is 0.476 e. The number of methoxy groups -OCH3 is 1. The van der Waals surface area contributed by atoms with E-state index in [9.17, 15) is 14.4 Å². The van der Waals surface area contributed by atoms with Crippen LogP contribution in [0.5, 0.6) is 5.75 Å². The van der Waals surface area contributed by atoms with Crippen molar-refractivity contribution in [3.8, 4) is 5.75 Å². The van der Waals surface area contributed by atoms with Gasteiger partial charge in [-0.25, -0.2) is 0 Å². The summed E-state index contributed by atoms with van der Waals surface area (Å²) in [5.41, 5.74) is 0.955. The molecule has 2 atom stereocenters. The quantitative estimate of drug-likeness (QED) is 0.402. The lowest BCUT2D eigenvalue weighted by atomic mass is 9.87. The number of benzene rings is 2. The normalized spacial score (nSPS) is 21.7. The Morgan fingerprint density at radius 3 is 2.55 bits per heavy atom. The van der Waals surface area contributed by atoms with Crippen molar-refractivity contribution in [1.82, 2.24) is 10.6 Å². The highest BCUT2D eigenvalue weighted by Crippen LogP contribution is 2.43. The fourth-order valence-electron chi connectivity index (χ4n) is 6.01. The maximum atomic E-state index is 14.1. The molecule has 1 saturated heterocycles. The number of nitrogens with one attached hydrogen (secondary N) is 2. The Morgan fingerprint density at radius 2 is 1.86 bits per heavy atom. The van der Waals surface area contributed by atoms with Crippen molar-refractivity contribution in [2.75, 3.05) is 43.2 Å². The summed E-state index contributed by atoms with van der Waals surface area (Å²) < 4.78 is 11.3. The van der Waals surface area contributed by atoms with Crippen molar-refractivity contribution < 1.29 is 26.7 Å². The van der Waals surface area contributed by atoms with E-state index in [1.165, 1.54) is 0 Å². The van der Waals surface area contributed by atoms with E-state index in [0.29, 0.717) is 50.5 Å². The molecule has 0 spiro atoms. The van der Waals surface area contributed by atoms with E-state index in [1.807, 2.05) is 67.3 Å². The third kappa shape index (κ3) is 6.32. The standard InChI is InChI=1S/C33H44N4O5.2H2/c1-32(2,24-10-7-6-8-11-24)35-29(38)22-18-23(21-34-20-22)30(39)37(25-12-13-25)26-14-15-28-27(19-26)36(16-9-17-41-5)31(40)33(3,4)42-28;;/h6-8,10-11,14-15,19,22-23,25,34H,9,12-13,16-18,20-21H2,1-5H3,(H,35,38);2*1H/t22-,23+;;/m0../s1. The number of hydrogen-bond donors (Lipinski definition) is 2. The van der Waals surface area contributed by atoms with E-state index >= 15 is 0 Å². The van der Waals surface area contributed by atoms with Gasteiger partial charge in [-0.15, -0.1) is 0 Å². The van der Waals surface area contributed by atoms with Crippen molar-refractivity contribution in [1.29, 1.82) is 0 Å². The van der Waals surface area contributed by atoms with Gasteiger partial charge >= 0.3 is 0 Å². The average Bonchev–Trinajstić information content (AvgIpc) is 3.81. The van der Waals surface area contributed by atoms with Gasteiger partial charge in [0.05, 0.1) is 23.1 Å². The fraction of sp³-hybridized carbons (Fsp3) is 0.545. The van der Waals surface area contributed by atoms with Crippen LogP contribution in [-0.2, 0) is 24.7 Å². The molecular formula is C33H48N4O5. The van der Waals surface area contributed by atoms with Gasteiger partial charge in [0, 0.05) is 47.9 Å². The van der Waals surface area contributed by atoms with Crippen LogP contribution in [-0.4, -0.2) is 62.7 Å². The molecule has 3 amide bonds. The minimum Gasteiger partial charge on any atom is -0.476 e. The first-order chi connectivity index (χ1) is 20.0. The summed E-state index contributed by atoms with van der Waals surface area (Å²) >= 11 is 0. The summed E-state index contributed by atoms with van der Waals surface area (Å²) in [6.07, 6.45) is 3.03. The molecule has 0 radical (unpaired) electrons. The molecule has 0 bridgehead atoms. The summed E-state index contributed by atoms with van der Waals surface area (Å²) in [5.74, 6) is -0.174. The Balaban J connectivity index is 0.00000264. The van der Waals surface area contributed by atoms with Gasteiger partial charge in [0.25, 0.3) is 5.91 Å². The molecule has 2 N–H and O–H groups in total. The van der Waals surface area contributed by atoms with Crippen molar-refractivity contribution in [3.63, 3.8) is 0 Å². The molecule has 9 nitrogen and oxygen atoms in total. The molecule has 0 aromatic heterocycles. The van der Waals surface area contributed by atoms with Gasteiger partial charge in [-0.3, -0.25) is 14.4 Å². The van der Waals surface area contributed by atoms with Gasteiger partial charge in [-0.05, 0) is 77.1 Å². The first kappa shape index (κ1) is 30.0. The van der Waals surface area contributed by atoms with Gasteiger partial charge < -0.3 is 29.9 Å². The lowest BCUT2D eigenvalue weighted by Gasteiger charge is -2.40. The maximum Gasteiger partial charge on any atom is 0.270 e. The molecule has 2 heterocycles. The number of carbonyl (C=O) groups excluding carboxylic acids is 3. The van der Waals surface area contributed by atoms with E-state index in [-0.39, 0.29) is 38.5 Å². The van der Waals surface area contributed by atoms with Crippen LogP contribution in [0.1, 0.15) is 61.8 Å². The predicted octanol–water partition coefficient (Wildman–Crippen LogP) is 4.49. The molecule has 2 fully saturated rings. The first-order valence-corrected chi connectivity index (χ1v) is 15.1. The number of anilines is 2. The van der Waals surface area contributed by atoms with Crippen LogP contribution in [0.4, 0.5) is 11.4 Å². The van der Waals surface area contributed by atoms with Crippen molar-refractivity contribution in [2.45, 2.75) is 70.6 Å². The summed E-state index contributed by atoms with van der Waals surface area (Å²) in [5, 5.41) is 6.55. The molecule has 2 aromatic rings. The van der Waals surface area contributed by atoms with Gasteiger partial charge in [-0.2, -0.15) is 0 Å². The first-order valence-electron chi connectivity index (χ1n) is 15.1. The van der Waals surface area contributed by atoms with Crippen molar-refractivity contribution >= 4 is 29.1 Å². The number of nitrogens with zero attached hydrogens (tertiary/aromatic N) is 2. The number of hydrogen-bond acceptors (Lipinski definition) is 6. The molecule has 1 saturated carbocycles. The van der Waals surface area contributed by atoms with E-state index in [4.69, 9.17) is 9.47 Å². The van der Waals surface area contributed by atoms with E-state index in [0.717, 1.165) is 24.1 Å². The molecule has 3 aliphatic rings. The Labute approximate surface area is 251 Å². The summed E-state index contributed by atoms with van der Waals surface area (Å²) in [7, 11) is 1.65. The van der Waals surface area contributed by atoms with Crippen molar-refractivity contribution in [2.24, 2.45) is 11.8 Å². The van der Waals surface area contributed by atoms with E-state index in [1.54, 1.807) is 25.9 Å². The molecule has 9 heteroatoms. The topological polar surface area (TPSA) is 100 Å². The molecule has 42 heavy (non-hydrogen) atoms. The molecule has 2 aromatic carbocycles. The third-order valence-electron chi connectivity index (χ3n) is 8.52. The number of carbonyl (C=O) groups is 3. The van der Waals surface area contributed by atoms with Crippen LogP contribution in [0.15, 0.2) is 48.5 Å². The van der Waals surface area contributed by atoms with Crippen LogP contribution in [0.2, 0.25) is 0 Å². The molecule has 230 valence electrons. The Kier molecular flexibility index (Phi) is 8.62. The second kappa shape index (κ2) is 12.1. The van der Waals surface area contributed by atoms with Gasteiger partial charge in [0.1, 0.15) is 5.75 Å². The SMILES string of the molecule is COCCCN1C(=O)C(C)(C)Oc2ccc(N(C(=O)[C@H]3CNC[C@@H](C(=O)NC(C)(C)c4ccccc4)C3)C3CC3)cc21.[HH].[HH]. The Bertz CT molecular complexity index is 1320. The van der Waals surface area contributed by atoms with Gasteiger partial charge in [-0.1, -0.05) is 30.3 Å². The number of fused-ring (bicyclic) bond motifs is 1. The highest BCUT2D eigenvalue weighted by Gasteiger charge is 2.43. The van der Waals surface area contributed by atoms with Crippen LogP contribution >= 0.6 is 0 Å². The minimum absolute atomic E-state index is 0. The fourth-order valence-corrected chi connectivity index (χ4v) is 6.01. The Hall–Kier alpha value is -3.43. The summed E-state index contributed by atoms with van der Waals surface area (Å²) in [6.45, 7) is 9.65. The van der Waals surface area contributed by atoms with Gasteiger partial charge in [0.2, 0.25) is 11.8 Å². The second-order valence-corrected chi connectivity index (χ2v) is 12.8. The van der Waals surface area contributed by atoms with Crippen LogP contribution < -0.4 is 25.2 Å². The lowest BCUT2D eigenvalue weighted by molar-refractivity contribution is -0.132. The van der Waals surface area contributed by atoms with Gasteiger partial charge in [0.15, 0.2) is 5.60 Å². The van der Waals surface area contributed by atoms with E-state index in [2.05, 4.69) is 10.6 Å². The highest BCUT2D eigenvalue weighted by atomic mass is 16.5. The summed E-state index contributed by atoms with van der Waals surface area (Å²) in [6, 6.07) is 15.7. The molecular weight excluding hydrogens is 532 g/mol. The minimum atomic E-state index is -0.980. The van der Waals surface area contributed by atoms with Crippen LogP contribution in [0.25, 0.3) is 0 Å². The molecule has 1 aliphatic carbocycles. The predicted molar refractivity (Wildman–Crippen MR) is 167 cm³/mol. The number of amides is 3. The summed E-state index contributed by atoms with van der Waals surface area (Å²) in [4.78, 5) is 44.5. The molecule has 2 aliphatic heterocycles. The zero-order valence-electron chi connectivity index (χ0n) is 25.4. The number of piperidine rings is 1. The zero-order chi connectivity index (χ0) is 30.1. The monoisotopic (exact) mass is 580 g/mol. The highest BCUT2D eigenvalue weighted by molar-refractivity contribution is 6.04. The number of rotatable bonds is 10. The Morgan fingerprint density at radius 1 is 1.14 bits per heavy atom. The lowest BCUT2D eigenvalue weighted by Crippen LogP contribution is -2.53. The third-order valence-corrected chi connectivity index (χ3v) is 8.52. The average molecular weight is 581 g/mol. The van der Waals surface area contributed by atoms with Crippen LogP contribution in [0.3, 0.4) is 0 Å². The molecule has 5 rings (SSSR count). The van der Waals surface area contributed by atoms with Crippen LogP contribution in [0, 0.1) is 11.8 Å². The second-order valence-electron chi connectivity index (χ2n) is 12.8. The number of ether oxygens (including phenoxy) is 2. The van der Waals surface area contributed by atoms with E-state index < -0.39 is 11.1 Å². The zero-order valence-corrected chi connectivity index (χ0v) is 25.4.